The normalized spacial score (nSPS) is 11.6. The van der Waals surface area contributed by atoms with E-state index < -0.39 is 10.0 Å². The third-order valence-corrected chi connectivity index (χ3v) is 4.75. The largest absolute Gasteiger partial charge is 0.440 e. The van der Waals surface area contributed by atoms with E-state index in [9.17, 15) is 8.42 Å². The first-order valence-corrected chi connectivity index (χ1v) is 9.05. The van der Waals surface area contributed by atoms with Crippen LogP contribution in [0.2, 0.25) is 0 Å². The number of rotatable bonds is 3. The molecule has 0 unspecified atom stereocenters. The fourth-order valence-electron chi connectivity index (χ4n) is 2.22. The van der Waals surface area contributed by atoms with Gasteiger partial charge in [-0.3, -0.25) is 0 Å². The van der Waals surface area contributed by atoms with Crippen molar-refractivity contribution in [2.75, 3.05) is 0 Å². The SMILES string of the molecule is Cc1nc(-c2ccc(S(N)(=O)=O)cc2)c(-c2ccc(Br)cc2)o1. The number of hydrogen-bond acceptors (Lipinski definition) is 4. The van der Waals surface area contributed by atoms with Crippen molar-refractivity contribution in [3.63, 3.8) is 0 Å². The van der Waals surface area contributed by atoms with E-state index in [2.05, 4.69) is 20.9 Å². The monoisotopic (exact) mass is 392 g/mol. The highest BCUT2D eigenvalue weighted by atomic mass is 79.9. The summed E-state index contributed by atoms with van der Waals surface area (Å²) in [4.78, 5) is 4.47. The van der Waals surface area contributed by atoms with Gasteiger partial charge in [0.05, 0.1) is 4.90 Å². The van der Waals surface area contributed by atoms with Crippen LogP contribution in [0.25, 0.3) is 22.6 Å². The van der Waals surface area contributed by atoms with Gasteiger partial charge in [0.1, 0.15) is 5.69 Å². The third kappa shape index (κ3) is 3.36. The van der Waals surface area contributed by atoms with Crippen molar-refractivity contribution < 1.29 is 12.8 Å². The average molecular weight is 393 g/mol. The number of aromatic nitrogens is 1. The van der Waals surface area contributed by atoms with Crippen molar-refractivity contribution in [3.05, 3.63) is 58.9 Å². The highest BCUT2D eigenvalue weighted by Crippen LogP contribution is 2.33. The zero-order chi connectivity index (χ0) is 16.6. The highest BCUT2D eigenvalue weighted by molar-refractivity contribution is 9.10. The number of oxazole rings is 1. The van der Waals surface area contributed by atoms with Gasteiger partial charge in [-0.05, 0) is 24.3 Å². The van der Waals surface area contributed by atoms with Crippen LogP contribution in [0, 0.1) is 6.92 Å². The smallest absolute Gasteiger partial charge is 0.238 e. The molecule has 5 nitrogen and oxygen atoms in total. The number of nitrogens with two attached hydrogens (primary N) is 1. The molecular formula is C16H13BrN2O3S. The van der Waals surface area contributed by atoms with Gasteiger partial charge in [0.15, 0.2) is 11.7 Å². The molecule has 0 saturated heterocycles. The van der Waals surface area contributed by atoms with E-state index in [4.69, 9.17) is 9.56 Å². The molecular weight excluding hydrogens is 380 g/mol. The number of sulfonamides is 1. The van der Waals surface area contributed by atoms with Crippen molar-refractivity contribution >= 4 is 26.0 Å². The molecule has 0 fully saturated rings. The van der Waals surface area contributed by atoms with Gasteiger partial charge in [-0.25, -0.2) is 18.5 Å². The zero-order valence-corrected chi connectivity index (χ0v) is 14.6. The number of aryl methyl sites for hydroxylation is 1. The summed E-state index contributed by atoms with van der Waals surface area (Å²) in [7, 11) is -3.71. The lowest BCUT2D eigenvalue weighted by atomic mass is 10.1. The Labute approximate surface area is 142 Å². The number of primary sulfonamides is 1. The lowest BCUT2D eigenvalue weighted by Crippen LogP contribution is -2.11. The molecule has 0 aliphatic carbocycles. The first-order valence-electron chi connectivity index (χ1n) is 6.71. The van der Waals surface area contributed by atoms with Gasteiger partial charge in [0, 0.05) is 22.5 Å². The van der Waals surface area contributed by atoms with Crippen LogP contribution in [-0.4, -0.2) is 13.4 Å². The van der Waals surface area contributed by atoms with E-state index in [1.165, 1.54) is 12.1 Å². The summed E-state index contributed by atoms with van der Waals surface area (Å²) in [6.45, 7) is 1.77. The molecule has 2 aromatic carbocycles. The molecule has 1 aromatic heterocycles. The summed E-state index contributed by atoms with van der Waals surface area (Å²) in [5.74, 6) is 1.17. The van der Waals surface area contributed by atoms with Crippen LogP contribution >= 0.6 is 15.9 Å². The van der Waals surface area contributed by atoms with Crippen LogP contribution in [0.3, 0.4) is 0 Å². The van der Waals surface area contributed by atoms with Gasteiger partial charge in [-0.15, -0.1) is 0 Å². The maximum atomic E-state index is 11.3. The molecule has 0 atom stereocenters. The Hall–Kier alpha value is -1.96. The standard InChI is InChI=1S/C16H13BrN2O3S/c1-10-19-15(11-4-8-14(9-5-11)23(18,20)21)16(22-10)12-2-6-13(17)7-3-12/h2-9H,1H3,(H2,18,20,21). The number of nitrogens with zero attached hydrogens (tertiary/aromatic N) is 1. The van der Waals surface area contributed by atoms with Gasteiger partial charge in [0.25, 0.3) is 0 Å². The summed E-state index contributed by atoms with van der Waals surface area (Å²) in [5, 5.41) is 5.12. The first-order chi connectivity index (χ1) is 10.8. The summed E-state index contributed by atoms with van der Waals surface area (Å²) in [5.41, 5.74) is 2.30. The Balaban J connectivity index is 2.09. The summed E-state index contributed by atoms with van der Waals surface area (Å²) < 4.78 is 29.4. The second kappa shape index (κ2) is 5.92. The lowest BCUT2D eigenvalue weighted by Gasteiger charge is -2.03. The Kier molecular flexibility index (Phi) is 4.09. The fourth-order valence-corrected chi connectivity index (χ4v) is 3.00. The van der Waals surface area contributed by atoms with Crippen LogP contribution in [0.4, 0.5) is 0 Å². The van der Waals surface area contributed by atoms with Crippen LogP contribution in [0.15, 0.2) is 62.3 Å². The van der Waals surface area contributed by atoms with Crippen molar-refractivity contribution in [2.45, 2.75) is 11.8 Å². The minimum atomic E-state index is -3.71. The van der Waals surface area contributed by atoms with Gasteiger partial charge in [0.2, 0.25) is 10.0 Å². The maximum absolute atomic E-state index is 11.3. The van der Waals surface area contributed by atoms with Gasteiger partial charge < -0.3 is 4.42 Å². The summed E-state index contributed by atoms with van der Waals surface area (Å²) >= 11 is 3.40. The summed E-state index contributed by atoms with van der Waals surface area (Å²) in [6.07, 6.45) is 0. The van der Waals surface area contributed by atoms with Crippen LogP contribution in [0.5, 0.6) is 0 Å². The molecule has 0 aliphatic rings. The molecule has 0 amide bonds. The molecule has 2 N–H and O–H groups in total. The van der Waals surface area contributed by atoms with Gasteiger partial charge in [-0.1, -0.05) is 40.2 Å². The highest BCUT2D eigenvalue weighted by Gasteiger charge is 2.16. The van der Waals surface area contributed by atoms with Crippen LogP contribution in [0.1, 0.15) is 5.89 Å². The molecule has 0 saturated carbocycles. The Morgan fingerprint density at radius 3 is 2.13 bits per heavy atom. The second-order valence-corrected chi connectivity index (χ2v) is 7.46. The molecule has 0 radical (unpaired) electrons. The Morgan fingerprint density at radius 1 is 1.00 bits per heavy atom. The number of benzene rings is 2. The van der Waals surface area contributed by atoms with Crippen molar-refractivity contribution in [1.29, 1.82) is 0 Å². The molecule has 23 heavy (non-hydrogen) atoms. The van der Waals surface area contributed by atoms with Crippen LogP contribution < -0.4 is 5.14 Å². The van der Waals surface area contributed by atoms with Crippen LogP contribution in [-0.2, 0) is 10.0 Å². The van der Waals surface area contributed by atoms with E-state index in [1.807, 2.05) is 24.3 Å². The predicted octanol–water partition coefficient (Wildman–Crippen LogP) is 3.73. The molecule has 0 aliphatic heterocycles. The number of halogens is 1. The molecule has 0 spiro atoms. The zero-order valence-electron chi connectivity index (χ0n) is 12.2. The maximum Gasteiger partial charge on any atom is 0.238 e. The van der Waals surface area contributed by atoms with E-state index in [-0.39, 0.29) is 4.90 Å². The lowest BCUT2D eigenvalue weighted by molar-refractivity contribution is 0.534. The molecule has 0 bridgehead atoms. The third-order valence-electron chi connectivity index (χ3n) is 3.30. The van der Waals surface area contributed by atoms with E-state index in [1.54, 1.807) is 19.1 Å². The van der Waals surface area contributed by atoms with Crippen molar-refractivity contribution in [3.8, 4) is 22.6 Å². The predicted molar refractivity (Wildman–Crippen MR) is 91.2 cm³/mol. The molecule has 1 heterocycles. The second-order valence-electron chi connectivity index (χ2n) is 4.99. The topological polar surface area (TPSA) is 86.2 Å². The van der Waals surface area contributed by atoms with E-state index in [0.717, 1.165) is 15.6 Å². The van der Waals surface area contributed by atoms with E-state index in [0.29, 0.717) is 17.3 Å². The minimum Gasteiger partial charge on any atom is -0.440 e. The quantitative estimate of drug-likeness (QED) is 0.735. The van der Waals surface area contributed by atoms with Crippen molar-refractivity contribution in [2.24, 2.45) is 5.14 Å². The van der Waals surface area contributed by atoms with Gasteiger partial charge in [-0.2, -0.15) is 0 Å². The number of hydrogen-bond donors (Lipinski definition) is 1. The molecule has 3 rings (SSSR count). The minimum absolute atomic E-state index is 0.0617. The van der Waals surface area contributed by atoms with Crippen molar-refractivity contribution in [1.82, 2.24) is 4.98 Å². The van der Waals surface area contributed by atoms with Gasteiger partial charge >= 0.3 is 0 Å². The fraction of sp³-hybridized carbons (Fsp3) is 0.0625. The summed E-state index contributed by atoms with van der Waals surface area (Å²) in [6, 6.07) is 13.9. The first kappa shape index (κ1) is 15.9. The average Bonchev–Trinajstić information content (AvgIpc) is 2.89. The molecule has 118 valence electrons. The van der Waals surface area contributed by atoms with E-state index >= 15 is 0 Å². The Morgan fingerprint density at radius 2 is 1.57 bits per heavy atom. The Bertz CT molecular complexity index is 946. The molecule has 3 aromatic rings. The molecule has 7 heteroatoms.